The highest BCUT2D eigenvalue weighted by Crippen LogP contribution is 2.40. The maximum atomic E-state index is 5.92. The van der Waals surface area contributed by atoms with Gasteiger partial charge >= 0.3 is 0 Å². The maximum Gasteiger partial charge on any atom is 0.257 e. The Bertz CT molecular complexity index is 721. The summed E-state index contributed by atoms with van der Waals surface area (Å²) in [6.07, 6.45) is 2.43. The zero-order chi connectivity index (χ0) is 14.9. The molecule has 1 saturated heterocycles. The zero-order valence-corrected chi connectivity index (χ0v) is 13.9. The minimum absolute atomic E-state index is 0.149. The van der Waals surface area contributed by atoms with E-state index in [0.717, 1.165) is 11.4 Å². The minimum Gasteiger partial charge on any atom is -0.418 e. The molecule has 0 aliphatic carbocycles. The van der Waals surface area contributed by atoms with Gasteiger partial charge in [0.15, 0.2) is 0 Å². The molecule has 0 spiro atoms. The van der Waals surface area contributed by atoms with E-state index >= 15 is 0 Å². The van der Waals surface area contributed by atoms with Crippen LogP contribution in [-0.4, -0.2) is 21.6 Å². The molecule has 3 aromatic heterocycles. The molecule has 3 aromatic rings. The van der Waals surface area contributed by atoms with Crippen LogP contribution in [0.15, 0.2) is 39.4 Å². The molecule has 4 heterocycles. The van der Waals surface area contributed by atoms with Crippen molar-refractivity contribution in [3.63, 3.8) is 0 Å². The van der Waals surface area contributed by atoms with Crippen LogP contribution >= 0.6 is 22.7 Å². The molecule has 2 atom stereocenters. The Morgan fingerprint density at radius 2 is 2.09 bits per heavy atom. The molecule has 4 nitrogen and oxygen atoms in total. The molecule has 0 amide bonds. The van der Waals surface area contributed by atoms with Crippen LogP contribution in [0.5, 0.6) is 0 Å². The van der Waals surface area contributed by atoms with E-state index in [4.69, 9.17) is 4.42 Å². The Hall–Kier alpha value is -1.50. The fourth-order valence-corrected chi connectivity index (χ4v) is 4.61. The number of aromatic nitrogens is 2. The molecule has 2 unspecified atom stereocenters. The van der Waals surface area contributed by atoms with E-state index in [-0.39, 0.29) is 6.04 Å². The van der Waals surface area contributed by atoms with Crippen LogP contribution in [0.25, 0.3) is 10.8 Å². The van der Waals surface area contributed by atoms with Gasteiger partial charge in [0.2, 0.25) is 5.89 Å². The summed E-state index contributed by atoms with van der Waals surface area (Å²) in [5.41, 5.74) is 0. The molecule has 0 radical (unpaired) electrons. The first-order valence-electron chi connectivity index (χ1n) is 7.49. The maximum absolute atomic E-state index is 5.92. The van der Waals surface area contributed by atoms with Crippen LogP contribution in [0.1, 0.15) is 42.6 Å². The smallest absolute Gasteiger partial charge is 0.257 e. The SMILES string of the molecule is CC(c1nnc(-c2cccs2)o1)N1CCCC1c1cccs1. The molecule has 1 fully saturated rings. The fraction of sp³-hybridized carbons (Fsp3) is 0.375. The van der Waals surface area contributed by atoms with Crippen LogP contribution in [0.2, 0.25) is 0 Å². The van der Waals surface area contributed by atoms with Gasteiger partial charge in [-0.05, 0) is 49.2 Å². The van der Waals surface area contributed by atoms with Crippen molar-refractivity contribution in [2.45, 2.75) is 31.8 Å². The van der Waals surface area contributed by atoms with Gasteiger partial charge in [0.25, 0.3) is 5.89 Å². The molecule has 0 aromatic carbocycles. The third kappa shape index (κ3) is 2.51. The molecule has 1 aliphatic rings. The van der Waals surface area contributed by atoms with E-state index in [9.17, 15) is 0 Å². The number of rotatable bonds is 4. The Balaban J connectivity index is 1.57. The third-order valence-corrected chi connectivity index (χ3v) is 6.02. The van der Waals surface area contributed by atoms with Gasteiger partial charge in [0.05, 0.1) is 10.9 Å². The van der Waals surface area contributed by atoms with E-state index < -0.39 is 0 Å². The normalized spacial score (nSPS) is 20.5. The number of nitrogens with zero attached hydrogens (tertiary/aromatic N) is 3. The van der Waals surface area contributed by atoms with Gasteiger partial charge in [-0.15, -0.1) is 32.9 Å². The number of likely N-dealkylation sites (tertiary alicyclic amines) is 1. The van der Waals surface area contributed by atoms with E-state index in [2.05, 4.69) is 39.5 Å². The topological polar surface area (TPSA) is 42.2 Å². The highest BCUT2D eigenvalue weighted by molar-refractivity contribution is 7.13. The summed E-state index contributed by atoms with van der Waals surface area (Å²) in [5.74, 6) is 1.34. The average Bonchev–Trinajstić information content (AvgIpc) is 3.35. The standard InChI is InChI=1S/C16H17N3OS2/c1-11(15-17-18-16(20-15)14-7-4-10-22-14)19-8-2-5-12(19)13-6-3-9-21-13/h3-4,6-7,9-12H,2,5,8H2,1H3. The van der Waals surface area contributed by atoms with Crippen molar-refractivity contribution in [3.05, 3.63) is 45.8 Å². The number of hydrogen-bond acceptors (Lipinski definition) is 6. The quantitative estimate of drug-likeness (QED) is 0.691. The molecule has 0 N–H and O–H groups in total. The van der Waals surface area contributed by atoms with E-state index in [1.807, 2.05) is 28.8 Å². The van der Waals surface area contributed by atoms with Crippen molar-refractivity contribution in [3.8, 4) is 10.8 Å². The van der Waals surface area contributed by atoms with Gasteiger partial charge in [-0.1, -0.05) is 12.1 Å². The van der Waals surface area contributed by atoms with Crippen molar-refractivity contribution in [1.82, 2.24) is 15.1 Å². The van der Waals surface area contributed by atoms with E-state index in [1.165, 1.54) is 17.7 Å². The predicted octanol–water partition coefficient (Wildman–Crippen LogP) is 4.76. The Labute approximate surface area is 137 Å². The van der Waals surface area contributed by atoms with Gasteiger partial charge in [-0.25, -0.2) is 0 Å². The van der Waals surface area contributed by atoms with Crippen LogP contribution in [0.4, 0.5) is 0 Å². The Kier molecular flexibility index (Phi) is 3.82. The van der Waals surface area contributed by atoms with E-state index in [1.54, 1.807) is 11.3 Å². The summed E-state index contributed by atoms with van der Waals surface area (Å²) in [5, 5.41) is 12.7. The molecule has 1 aliphatic heterocycles. The number of thiophene rings is 2. The van der Waals surface area contributed by atoms with Gasteiger partial charge in [-0.2, -0.15) is 0 Å². The lowest BCUT2D eigenvalue weighted by Gasteiger charge is -2.27. The molecule has 0 bridgehead atoms. The zero-order valence-electron chi connectivity index (χ0n) is 12.3. The van der Waals surface area contributed by atoms with Crippen molar-refractivity contribution in [1.29, 1.82) is 0 Å². The van der Waals surface area contributed by atoms with Gasteiger partial charge in [-0.3, -0.25) is 4.90 Å². The first-order valence-corrected chi connectivity index (χ1v) is 9.25. The summed E-state index contributed by atoms with van der Waals surface area (Å²) in [4.78, 5) is 4.95. The second-order valence-corrected chi connectivity index (χ2v) is 7.44. The molecule has 114 valence electrons. The first kappa shape index (κ1) is 14.1. The van der Waals surface area contributed by atoms with Crippen LogP contribution in [0, 0.1) is 0 Å². The van der Waals surface area contributed by atoms with Crippen molar-refractivity contribution in [2.24, 2.45) is 0 Å². The largest absolute Gasteiger partial charge is 0.418 e. The molecule has 0 saturated carbocycles. The lowest BCUT2D eigenvalue weighted by molar-refractivity contribution is 0.170. The summed E-state index contributed by atoms with van der Waals surface area (Å²) in [7, 11) is 0. The Morgan fingerprint density at radius 1 is 1.23 bits per heavy atom. The second-order valence-electron chi connectivity index (χ2n) is 5.51. The van der Waals surface area contributed by atoms with Crippen molar-refractivity contribution >= 4 is 22.7 Å². The first-order chi connectivity index (χ1) is 10.8. The van der Waals surface area contributed by atoms with Crippen LogP contribution in [0.3, 0.4) is 0 Å². The third-order valence-electron chi connectivity index (χ3n) is 4.19. The van der Waals surface area contributed by atoms with Gasteiger partial charge in [0, 0.05) is 10.9 Å². The molecular weight excluding hydrogens is 314 g/mol. The molecular formula is C16H17N3OS2. The lowest BCUT2D eigenvalue weighted by Crippen LogP contribution is -2.26. The predicted molar refractivity (Wildman–Crippen MR) is 89.0 cm³/mol. The van der Waals surface area contributed by atoms with Crippen molar-refractivity contribution in [2.75, 3.05) is 6.54 Å². The lowest BCUT2D eigenvalue weighted by atomic mass is 10.1. The van der Waals surface area contributed by atoms with Crippen molar-refractivity contribution < 1.29 is 4.42 Å². The highest BCUT2D eigenvalue weighted by atomic mass is 32.1. The summed E-state index contributed by atoms with van der Waals surface area (Å²) in [6, 6.07) is 8.99. The Morgan fingerprint density at radius 3 is 2.86 bits per heavy atom. The van der Waals surface area contributed by atoms with Crippen LogP contribution in [-0.2, 0) is 0 Å². The van der Waals surface area contributed by atoms with Gasteiger partial charge in [0.1, 0.15) is 0 Å². The van der Waals surface area contributed by atoms with Crippen LogP contribution < -0.4 is 0 Å². The fourth-order valence-electron chi connectivity index (χ4n) is 3.08. The molecule has 22 heavy (non-hydrogen) atoms. The second kappa shape index (κ2) is 5.95. The number of hydrogen-bond donors (Lipinski definition) is 0. The monoisotopic (exact) mass is 331 g/mol. The van der Waals surface area contributed by atoms with Gasteiger partial charge < -0.3 is 4.42 Å². The van der Waals surface area contributed by atoms with E-state index in [0.29, 0.717) is 17.8 Å². The molecule has 6 heteroatoms. The highest BCUT2D eigenvalue weighted by Gasteiger charge is 2.33. The average molecular weight is 331 g/mol. The summed E-state index contributed by atoms with van der Waals surface area (Å²) in [6.45, 7) is 3.25. The summed E-state index contributed by atoms with van der Waals surface area (Å²) >= 11 is 3.46. The molecule has 4 rings (SSSR count). The summed E-state index contributed by atoms with van der Waals surface area (Å²) < 4.78 is 5.92. The minimum atomic E-state index is 0.149.